The molecule has 0 amide bonds. The fraction of sp³-hybridized carbons (Fsp3) is 0.698. The van der Waals surface area contributed by atoms with Gasteiger partial charge in [0.15, 0.2) is 6.10 Å². The number of hydrogen-bond donors (Lipinski definition) is 0. The van der Waals surface area contributed by atoms with E-state index >= 15 is 0 Å². The fourth-order valence-corrected chi connectivity index (χ4v) is 7.74. The lowest BCUT2D eigenvalue weighted by Gasteiger charge is -2.18. The van der Waals surface area contributed by atoms with Crippen LogP contribution in [0.3, 0.4) is 0 Å². The number of hydrogen-bond acceptors (Lipinski definition) is 6. The Hall–Kier alpha value is -3.67. The number of unbranched alkanes of at least 4 members (excludes halogenated alkanes) is 24. The van der Waals surface area contributed by atoms with Crippen molar-refractivity contribution in [1.29, 1.82) is 0 Å². The van der Waals surface area contributed by atoms with E-state index in [1.165, 1.54) is 116 Å². The summed E-state index contributed by atoms with van der Waals surface area (Å²) in [6, 6.07) is 0. The maximum Gasteiger partial charge on any atom is 0.306 e. The van der Waals surface area contributed by atoms with Gasteiger partial charge in [-0.2, -0.15) is 0 Å². The Labute approximate surface area is 426 Å². The molecule has 0 aliphatic rings. The molecule has 0 spiro atoms. The second-order valence-corrected chi connectivity index (χ2v) is 18.8. The van der Waals surface area contributed by atoms with Gasteiger partial charge in [-0.15, -0.1) is 0 Å². The van der Waals surface area contributed by atoms with Gasteiger partial charge in [-0.3, -0.25) is 14.4 Å². The van der Waals surface area contributed by atoms with Gasteiger partial charge >= 0.3 is 17.9 Å². The van der Waals surface area contributed by atoms with Crippen LogP contribution in [0.2, 0.25) is 0 Å². The summed E-state index contributed by atoms with van der Waals surface area (Å²) in [5.41, 5.74) is 0. The van der Waals surface area contributed by atoms with Crippen LogP contribution in [0, 0.1) is 0 Å². The Morgan fingerprint density at radius 2 is 0.580 bits per heavy atom. The van der Waals surface area contributed by atoms with Crippen LogP contribution in [0.15, 0.2) is 97.2 Å². The molecule has 0 N–H and O–H groups in total. The Balaban J connectivity index is 4.48. The van der Waals surface area contributed by atoms with Crippen molar-refractivity contribution in [3.05, 3.63) is 97.2 Å². The van der Waals surface area contributed by atoms with Crippen LogP contribution in [0.4, 0.5) is 0 Å². The standard InChI is InChI=1S/C63H106O6/c1-4-7-10-13-16-19-22-25-28-30-31-33-35-38-41-44-47-50-53-56-62(65)68-59-60(58-67-61(64)55-52-49-46-43-40-37-34-27-24-21-18-15-12-9-6-3)69-63(66)57-54-51-48-45-42-39-36-32-29-26-23-20-17-14-11-8-5-2/h8,11,17-18,20-21,25-29,34,36,39,45,48,60H,4-7,9-10,12-16,19,22-24,30-33,35,37-38,40-44,46-47,49-59H2,1-3H3/b11-8+,20-17+,21-18+,28-25+,29-26+,34-27+,39-36+,48-45+/t60-/m1/s1. The van der Waals surface area contributed by atoms with Crippen molar-refractivity contribution in [2.45, 2.75) is 271 Å². The average Bonchev–Trinajstić information content (AvgIpc) is 3.35. The summed E-state index contributed by atoms with van der Waals surface area (Å²) in [5, 5.41) is 0. The van der Waals surface area contributed by atoms with Gasteiger partial charge in [0, 0.05) is 19.3 Å². The van der Waals surface area contributed by atoms with Crippen molar-refractivity contribution in [3.63, 3.8) is 0 Å². The smallest absolute Gasteiger partial charge is 0.306 e. The molecular weight excluding hydrogens is 853 g/mol. The maximum atomic E-state index is 12.8. The van der Waals surface area contributed by atoms with Gasteiger partial charge in [0.25, 0.3) is 0 Å². The summed E-state index contributed by atoms with van der Waals surface area (Å²) in [5.74, 6) is -0.978. The zero-order valence-electron chi connectivity index (χ0n) is 45.0. The van der Waals surface area contributed by atoms with Crippen LogP contribution in [-0.4, -0.2) is 37.2 Å². The van der Waals surface area contributed by atoms with Gasteiger partial charge < -0.3 is 14.2 Å². The predicted molar refractivity (Wildman–Crippen MR) is 297 cm³/mol. The Kier molecular flexibility index (Phi) is 53.9. The van der Waals surface area contributed by atoms with Crippen molar-refractivity contribution >= 4 is 17.9 Å². The molecule has 394 valence electrons. The minimum Gasteiger partial charge on any atom is -0.462 e. The zero-order chi connectivity index (χ0) is 50.0. The number of rotatable bonds is 51. The molecule has 6 heteroatoms. The number of carbonyl (C=O) groups is 3. The first-order valence-corrected chi connectivity index (χ1v) is 28.7. The Morgan fingerprint density at radius 3 is 0.971 bits per heavy atom. The first kappa shape index (κ1) is 65.3. The van der Waals surface area contributed by atoms with Crippen molar-refractivity contribution in [3.8, 4) is 0 Å². The van der Waals surface area contributed by atoms with E-state index in [0.29, 0.717) is 19.3 Å². The molecule has 0 saturated carbocycles. The third-order valence-corrected chi connectivity index (χ3v) is 12.0. The van der Waals surface area contributed by atoms with Crippen molar-refractivity contribution in [1.82, 2.24) is 0 Å². The number of allylic oxidation sites excluding steroid dienone is 16. The lowest BCUT2D eigenvalue weighted by atomic mass is 10.1. The summed E-state index contributed by atoms with van der Waals surface area (Å²) in [6.45, 7) is 6.44. The SMILES string of the molecule is CC/C=C/C/C=C/C/C=C/C/C=C/C/C=C/CCCC(=O)O[C@H](COC(=O)CCCCCCC/C=C/C/C=C/CCCCC)COC(=O)CCCCCCCCCCC/C=C/CCCCCCCC. The zero-order valence-corrected chi connectivity index (χ0v) is 45.0. The highest BCUT2D eigenvalue weighted by atomic mass is 16.6. The molecule has 0 saturated heterocycles. The van der Waals surface area contributed by atoms with E-state index in [9.17, 15) is 14.4 Å². The van der Waals surface area contributed by atoms with E-state index in [4.69, 9.17) is 14.2 Å². The largest absolute Gasteiger partial charge is 0.462 e. The second kappa shape index (κ2) is 56.9. The van der Waals surface area contributed by atoms with E-state index in [0.717, 1.165) is 103 Å². The van der Waals surface area contributed by atoms with E-state index in [1.807, 2.05) is 0 Å². The monoisotopic (exact) mass is 959 g/mol. The lowest BCUT2D eigenvalue weighted by molar-refractivity contribution is -0.167. The molecule has 0 aromatic carbocycles. The van der Waals surface area contributed by atoms with Crippen LogP contribution in [0.5, 0.6) is 0 Å². The first-order chi connectivity index (χ1) is 34.0. The molecule has 6 nitrogen and oxygen atoms in total. The molecule has 0 rings (SSSR count). The van der Waals surface area contributed by atoms with Gasteiger partial charge in [0.2, 0.25) is 0 Å². The molecular formula is C63H106O6. The number of ether oxygens (including phenoxy) is 3. The van der Waals surface area contributed by atoms with E-state index in [1.54, 1.807) is 0 Å². The third-order valence-electron chi connectivity index (χ3n) is 12.0. The molecule has 0 aliphatic carbocycles. The van der Waals surface area contributed by atoms with Crippen LogP contribution in [0.25, 0.3) is 0 Å². The second-order valence-electron chi connectivity index (χ2n) is 18.8. The number of esters is 3. The summed E-state index contributed by atoms with van der Waals surface area (Å²) < 4.78 is 16.8. The summed E-state index contributed by atoms with van der Waals surface area (Å²) in [7, 11) is 0. The molecule has 0 aliphatic heterocycles. The van der Waals surface area contributed by atoms with Crippen LogP contribution >= 0.6 is 0 Å². The minimum atomic E-state index is -0.815. The summed E-state index contributed by atoms with van der Waals surface area (Å²) in [4.78, 5) is 38.1. The Bertz CT molecular complexity index is 1380. The van der Waals surface area contributed by atoms with E-state index in [-0.39, 0.29) is 37.5 Å². The summed E-state index contributed by atoms with van der Waals surface area (Å²) >= 11 is 0. The number of carbonyl (C=O) groups excluding carboxylic acids is 3. The highest BCUT2D eigenvalue weighted by Crippen LogP contribution is 2.14. The molecule has 0 aromatic heterocycles. The third kappa shape index (κ3) is 55.1. The predicted octanol–water partition coefficient (Wildman–Crippen LogP) is 19.3. The van der Waals surface area contributed by atoms with Crippen LogP contribution in [0.1, 0.15) is 265 Å². The van der Waals surface area contributed by atoms with Crippen molar-refractivity contribution in [2.24, 2.45) is 0 Å². The molecule has 0 bridgehead atoms. The molecule has 0 radical (unpaired) electrons. The average molecular weight is 960 g/mol. The molecule has 0 heterocycles. The van der Waals surface area contributed by atoms with Gasteiger partial charge in [-0.25, -0.2) is 0 Å². The molecule has 0 unspecified atom stereocenters. The van der Waals surface area contributed by atoms with Gasteiger partial charge in [-0.1, -0.05) is 227 Å². The highest BCUT2D eigenvalue weighted by molar-refractivity contribution is 5.71. The van der Waals surface area contributed by atoms with Gasteiger partial charge in [-0.05, 0) is 116 Å². The maximum absolute atomic E-state index is 12.8. The van der Waals surface area contributed by atoms with Crippen molar-refractivity contribution in [2.75, 3.05) is 13.2 Å². The topological polar surface area (TPSA) is 78.9 Å². The van der Waals surface area contributed by atoms with E-state index in [2.05, 4.69) is 118 Å². The van der Waals surface area contributed by atoms with Crippen LogP contribution in [-0.2, 0) is 28.6 Å². The molecule has 69 heavy (non-hydrogen) atoms. The quantitative estimate of drug-likeness (QED) is 0.0262. The van der Waals surface area contributed by atoms with E-state index < -0.39 is 6.10 Å². The first-order valence-electron chi connectivity index (χ1n) is 28.7. The van der Waals surface area contributed by atoms with Crippen molar-refractivity contribution < 1.29 is 28.6 Å². The Morgan fingerprint density at radius 1 is 0.304 bits per heavy atom. The van der Waals surface area contributed by atoms with Crippen LogP contribution < -0.4 is 0 Å². The lowest BCUT2D eigenvalue weighted by Crippen LogP contribution is -2.30. The summed E-state index contributed by atoms with van der Waals surface area (Å²) in [6.07, 6.45) is 75.4. The molecule has 0 aromatic rings. The van der Waals surface area contributed by atoms with Gasteiger partial charge in [0.05, 0.1) is 0 Å². The normalized spacial score (nSPS) is 12.8. The minimum absolute atomic E-state index is 0.106. The highest BCUT2D eigenvalue weighted by Gasteiger charge is 2.19. The van der Waals surface area contributed by atoms with Gasteiger partial charge in [0.1, 0.15) is 13.2 Å². The molecule has 1 atom stereocenters. The fourth-order valence-electron chi connectivity index (χ4n) is 7.74. The molecule has 0 fully saturated rings.